The van der Waals surface area contributed by atoms with Crippen LogP contribution in [0.1, 0.15) is 33.6 Å². The molecule has 0 aromatic heterocycles. The van der Waals surface area contributed by atoms with E-state index in [1.807, 2.05) is 50.1 Å². The first-order valence-corrected chi connectivity index (χ1v) is 10.4. The molecule has 3 aliphatic heterocycles. The number of carbonyl (C=O) groups excluding carboxylic acids is 1. The Bertz CT molecular complexity index is 806. The van der Waals surface area contributed by atoms with E-state index in [9.17, 15) is 13.2 Å². The van der Waals surface area contributed by atoms with E-state index >= 15 is 0 Å². The number of hydrogen-bond acceptors (Lipinski definition) is 5. The molecule has 0 radical (unpaired) electrons. The van der Waals surface area contributed by atoms with E-state index in [2.05, 4.69) is 4.40 Å². The maximum Gasteiger partial charge on any atom is 0.410 e. The van der Waals surface area contributed by atoms with Crippen molar-refractivity contribution in [1.29, 1.82) is 0 Å². The summed E-state index contributed by atoms with van der Waals surface area (Å²) in [6.07, 6.45) is 8.82. The summed E-state index contributed by atoms with van der Waals surface area (Å²) in [5.41, 5.74) is 1.48. The molecule has 142 valence electrons. The lowest BCUT2D eigenvalue weighted by Gasteiger charge is -2.32. The Labute approximate surface area is 154 Å². The molecular weight excluding hydrogens is 354 g/mol. The Kier molecular flexibility index (Phi) is 4.96. The highest BCUT2D eigenvalue weighted by molar-refractivity contribution is 7.90. The van der Waals surface area contributed by atoms with E-state index in [1.165, 1.54) is 5.57 Å². The van der Waals surface area contributed by atoms with Crippen LogP contribution in [0.2, 0.25) is 0 Å². The molecule has 1 amide bonds. The van der Waals surface area contributed by atoms with Gasteiger partial charge in [-0.15, -0.1) is 4.40 Å². The van der Waals surface area contributed by atoms with Crippen LogP contribution in [0.3, 0.4) is 0 Å². The minimum absolute atomic E-state index is 0.0372. The molecule has 3 rings (SSSR count). The summed E-state index contributed by atoms with van der Waals surface area (Å²) in [5.74, 6) is 0.524. The van der Waals surface area contributed by atoms with Crippen molar-refractivity contribution in [2.45, 2.75) is 39.2 Å². The van der Waals surface area contributed by atoms with Crippen LogP contribution in [0.4, 0.5) is 4.79 Å². The van der Waals surface area contributed by atoms with Crippen molar-refractivity contribution in [1.82, 2.24) is 9.80 Å². The predicted octanol–water partition coefficient (Wildman–Crippen LogP) is 2.44. The number of carbonyl (C=O) groups is 1. The number of likely N-dealkylation sites (tertiary alicyclic amines) is 1. The molecule has 26 heavy (non-hydrogen) atoms. The maximum atomic E-state index is 12.1. The van der Waals surface area contributed by atoms with Gasteiger partial charge in [-0.3, -0.25) is 0 Å². The van der Waals surface area contributed by atoms with Gasteiger partial charge in [0, 0.05) is 31.4 Å². The standard InChI is InChI=1S/C18H25N3O4S/c1-18(2,3)25-17(22)21-9-6-14(7-10-21)13-15-5-4-8-20-11-12-26(23,24)19-16(15)20/h4-5,8,13H,6-7,9-12H2,1-3H3. The van der Waals surface area contributed by atoms with Crippen molar-refractivity contribution < 1.29 is 17.9 Å². The second kappa shape index (κ2) is 6.90. The molecule has 0 spiro atoms. The third-order valence-electron chi connectivity index (χ3n) is 4.30. The number of ether oxygens (including phenoxy) is 1. The third-order valence-corrected chi connectivity index (χ3v) is 5.45. The number of hydrogen-bond donors (Lipinski definition) is 0. The van der Waals surface area contributed by atoms with Gasteiger partial charge in [-0.2, -0.15) is 0 Å². The normalized spacial score (nSPS) is 22.3. The van der Waals surface area contributed by atoms with Crippen LogP contribution >= 0.6 is 0 Å². The average molecular weight is 379 g/mol. The molecule has 0 unspecified atom stereocenters. The fourth-order valence-electron chi connectivity index (χ4n) is 3.02. The van der Waals surface area contributed by atoms with E-state index in [0.29, 0.717) is 25.5 Å². The van der Waals surface area contributed by atoms with Crippen LogP contribution in [0, 0.1) is 0 Å². The van der Waals surface area contributed by atoms with Crippen LogP contribution in [-0.4, -0.2) is 61.1 Å². The quantitative estimate of drug-likeness (QED) is 0.699. The highest BCUT2D eigenvalue weighted by Crippen LogP contribution is 2.24. The summed E-state index contributed by atoms with van der Waals surface area (Å²) in [6, 6.07) is 0. The molecule has 1 saturated heterocycles. The van der Waals surface area contributed by atoms with Crippen molar-refractivity contribution >= 4 is 22.0 Å². The third kappa shape index (κ3) is 4.55. The Hall–Kier alpha value is -2.09. The zero-order valence-electron chi connectivity index (χ0n) is 15.4. The summed E-state index contributed by atoms with van der Waals surface area (Å²) >= 11 is 0. The van der Waals surface area contributed by atoms with Crippen molar-refractivity contribution in [2.24, 2.45) is 4.40 Å². The molecule has 0 N–H and O–H groups in total. The lowest BCUT2D eigenvalue weighted by atomic mass is 9.99. The first kappa shape index (κ1) is 18.7. The lowest BCUT2D eigenvalue weighted by Crippen LogP contribution is -2.40. The van der Waals surface area contributed by atoms with E-state index in [0.717, 1.165) is 18.4 Å². The summed E-state index contributed by atoms with van der Waals surface area (Å²) in [6.45, 7) is 7.18. The number of amides is 1. The summed E-state index contributed by atoms with van der Waals surface area (Å²) in [7, 11) is -3.39. The van der Waals surface area contributed by atoms with Gasteiger partial charge in [0.1, 0.15) is 5.60 Å². The van der Waals surface area contributed by atoms with Gasteiger partial charge in [-0.1, -0.05) is 11.6 Å². The van der Waals surface area contributed by atoms with Gasteiger partial charge in [0.2, 0.25) is 0 Å². The van der Waals surface area contributed by atoms with Crippen LogP contribution in [0.25, 0.3) is 0 Å². The molecule has 0 atom stereocenters. The van der Waals surface area contributed by atoms with Gasteiger partial charge in [-0.05, 0) is 45.8 Å². The number of fused-ring (bicyclic) bond motifs is 1. The van der Waals surface area contributed by atoms with Gasteiger partial charge in [-0.25, -0.2) is 13.2 Å². The van der Waals surface area contributed by atoms with Crippen molar-refractivity contribution in [3.05, 3.63) is 35.6 Å². The fourth-order valence-corrected chi connectivity index (χ4v) is 4.01. The minimum Gasteiger partial charge on any atom is -0.444 e. The van der Waals surface area contributed by atoms with E-state index < -0.39 is 15.6 Å². The Morgan fingerprint density at radius 3 is 2.58 bits per heavy atom. The van der Waals surface area contributed by atoms with Gasteiger partial charge < -0.3 is 14.5 Å². The number of nitrogens with zero attached hydrogens (tertiary/aromatic N) is 3. The molecule has 0 bridgehead atoms. The molecule has 0 aromatic rings. The van der Waals surface area contributed by atoms with Crippen LogP contribution < -0.4 is 0 Å². The van der Waals surface area contributed by atoms with Crippen LogP contribution in [-0.2, 0) is 14.8 Å². The molecule has 7 nitrogen and oxygen atoms in total. The van der Waals surface area contributed by atoms with Gasteiger partial charge >= 0.3 is 6.09 Å². The molecular formula is C18H25N3O4S. The highest BCUT2D eigenvalue weighted by atomic mass is 32.2. The van der Waals surface area contributed by atoms with E-state index in [1.54, 1.807) is 4.90 Å². The largest absolute Gasteiger partial charge is 0.444 e. The number of allylic oxidation sites excluding steroid dienone is 2. The van der Waals surface area contributed by atoms with E-state index in [4.69, 9.17) is 4.74 Å². The maximum absolute atomic E-state index is 12.1. The molecule has 0 aliphatic carbocycles. The summed E-state index contributed by atoms with van der Waals surface area (Å²) < 4.78 is 33.0. The topological polar surface area (TPSA) is 79.3 Å². The monoisotopic (exact) mass is 379 g/mol. The SMILES string of the molecule is CC(C)(C)OC(=O)N1CCC(=CC2=CC=CN3CCS(=O)(=O)N=C23)CC1. The van der Waals surface area contributed by atoms with Crippen LogP contribution in [0.15, 0.2) is 40.0 Å². The first-order chi connectivity index (χ1) is 12.1. The first-order valence-electron chi connectivity index (χ1n) is 8.78. The highest BCUT2D eigenvalue weighted by Gasteiger charge is 2.28. The number of rotatable bonds is 1. The number of piperidine rings is 1. The van der Waals surface area contributed by atoms with Crippen molar-refractivity contribution in [3.8, 4) is 0 Å². The van der Waals surface area contributed by atoms with Crippen molar-refractivity contribution in [2.75, 3.05) is 25.4 Å². The van der Waals surface area contributed by atoms with E-state index in [-0.39, 0.29) is 11.8 Å². The predicted molar refractivity (Wildman–Crippen MR) is 100 cm³/mol. The minimum atomic E-state index is -3.39. The molecule has 0 saturated carbocycles. The molecule has 1 fully saturated rings. The second-order valence-corrected chi connectivity index (χ2v) is 9.38. The van der Waals surface area contributed by atoms with Gasteiger partial charge in [0.05, 0.1) is 5.75 Å². The molecule has 0 aromatic carbocycles. The second-order valence-electron chi connectivity index (χ2n) is 7.63. The number of amidine groups is 1. The summed E-state index contributed by atoms with van der Waals surface area (Å²) in [5, 5.41) is 0. The zero-order chi connectivity index (χ0) is 18.9. The average Bonchev–Trinajstić information content (AvgIpc) is 2.54. The fraction of sp³-hybridized carbons (Fsp3) is 0.556. The number of sulfonamides is 1. The Balaban J connectivity index is 1.69. The lowest BCUT2D eigenvalue weighted by molar-refractivity contribution is 0.0236. The smallest absolute Gasteiger partial charge is 0.410 e. The zero-order valence-corrected chi connectivity index (χ0v) is 16.3. The molecule has 3 aliphatic rings. The van der Waals surface area contributed by atoms with Gasteiger partial charge in [0.15, 0.2) is 5.84 Å². The summed E-state index contributed by atoms with van der Waals surface area (Å²) in [4.78, 5) is 15.7. The Morgan fingerprint density at radius 1 is 1.23 bits per heavy atom. The van der Waals surface area contributed by atoms with Crippen molar-refractivity contribution in [3.63, 3.8) is 0 Å². The molecule has 8 heteroatoms. The molecule has 3 heterocycles. The van der Waals surface area contributed by atoms with Crippen LogP contribution in [0.5, 0.6) is 0 Å². The Morgan fingerprint density at radius 2 is 1.92 bits per heavy atom. The van der Waals surface area contributed by atoms with Gasteiger partial charge in [0.25, 0.3) is 10.0 Å².